The standard InChI is InChI=1S/C25H27N3O3/c1-17-12-14-19(15-13-17)28(24(31)22(29)18-9-6-5-7-10-18)21(20-11-8-16-26-20)23(30)27-25(2,3)4/h5-16,21,26H,1-4H3,(H,27,30). The van der Waals surface area contributed by atoms with E-state index in [4.69, 9.17) is 0 Å². The van der Waals surface area contributed by atoms with E-state index in [9.17, 15) is 14.4 Å². The van der Waals surface area contributed by atoms with Gasteiger partial charge in [0.1, 0.15) is 0 Å². The number of amides is 2. The molecule has 0 bridgehead atoms. The van der Waals surface area contributed by atoms with Gasteiger partial charge in [-0.3, -0.25) is 19.3 Å². The maximum Gasteiger partial charge on any atom is 0.300 e. The zero-order valence-corrected chi connectivity index (χ0v) is 18.2. The number of hydrogen-bond donors (Lipinski definition) is 2. The van der Waals surface area contributed by atoms with Gasteiger partial charge in [0.05, 0.1) is 0 Å². The Bertz CT molecular complexity index is 1050. The molecule has 160 valence electrons. The SMILES string of the molecule is Cc1ccc(N(C(=O)C(=O)c2ccccc2)C(C(=O)NC(C)(C)C)c2ccc[nH]2)cc1. The highest BCUT2D eigenvalue weighted by molar-refractivity contribution is 6.47. The Balaban J connectivity index is 2.12. The third kappa shape index (κ3) is 5.28. The molecule has 6 heteroatoms. The van der Waals surface area contributed by atoms with Gasteiger partial charge in [0.2, 0.25) is 5.91 Å². The summed E-state index contributed by atoms with van der Waals surface area (Å²) >= 11 is 0. The predicted molar refractivity (Wildman–Crippen MR) is 121 cm³/mol. The van der Waals surface area contributed by atoms with Crippen molar-refractivity contribution >= 4 is 23.3 Å². The van der Waals surface area contributed by atoms with E-state index in [0.29, 0.717) is 11.4 Å². The molecule has 0 spiro atoms. The van der Waals surface area contributed by atoms with E-state index in [1.165, 1.54) is 4.90 Å². The lowest BCUT2D eigenvalue weighted by molar-refractivity contribution is -0.126. The molecule has 1 aromatic heterocycles. The molecule has 0 aliphatic carbocycles. The van der Waals surface area contributed by atoms with Crippen molar-refractivity contribution in [3.8, 4) is 0 Å². The first-order valence-electron chi connectivity index (χ1n) is 10.1. The van der Waals surface area contributed by atoms with Gasteiger partial charge in [-0.05, 0) is 52.0 Å². The summed E-state index contributed by atoms with van der Waals surface area (Å²) in [7, 11) is 0. The van der Waals surface area contributed by atoms with Crippen LogP contribution < -0.4 is 10.2 Å². The second-order valence-corrected chi connectivity index (χ2v) is 8.47. The number of anilines is 1. The average molecular weight is 418 g/mol. The first-order valence-corrected chi connectivity index (χ1v) is 10.1. The van der Waals surface area contributed by atoms with Crippen molar-refractivity contribution in [1.29, 1.82) is 0 Å². The van der Waals surface area contributed by atoms with Crippen molar-refractivity contribution in [1.82, 2.24) is 10.3 Å². The van der Waals surface area contributed by atoms with Crippen molar-refractivity contribution in [3.05, 3.63) is 89.7 Å². The van der Waals surface area contributed by atoms with Crippen molar-refractivity contribution < 1.29 is 14.4 Å². The van der Waals surface area contributed by atoms with Crippen molar-refractivity contribution in [2.24, 2.45) is 0 Å². The molecule has 0 radical (unpaired) electrons. The fraction of sp³-hybridized carbons (Fsp3) is 0.240. The Kier molecular flexibility index (Phi) is 6.39. The minimum atomic E-state index is -1.04. The molecule has 31 heavy (non-hydrogen) atoms. The molecular formula is C25H27N3O3. The first kappa shape index (κ1) is 22.0. The van der Waals surface area contributed by atoms with E-state index in [2.05, 4.69) is 10.3 Å². The second kappa shape index (κ2) is 9.00. The first-order chi connectivity index (χ1) is 14.7. The average Bonchev–Trinajstić information content (AvgIpc) is 3.25. The van der Waals surface area contributed by atoms with Crippen LogP contribution >= 0.6 is 0 Å². The zero-order chi connectivity index (χ0) is 22.6. The van der Waals surface area contributed by atoms with E-state index in [1.807, 2.05) is 39.8 Å². The predicted octanol–water partition coefficient (Wildman–Crippen LogP) is 4.20. The van der Waals surface area contributed by atoms with Crippen LogP contribution in [-0.2, 0) is 9.59 Å². The highest BCUT2D eigenvalue weighted by Gasteiger charge is 2.37. The molecule has 1 atom stereocenters. The van der Waals surface area contributed by atoms with Gasteiger partial charge in [0, 0.05) is 28.7 Å². The number of aromatic amines is 1. The van der Waals surface area contributed by atoms with Crippen molar-refractivity contribution in [2.45, 2.75) is 39.3 Å². The van der Waals surface area contributed by atoms with Crippen LogP contribution in [0.2, 0.25) is 0 Å². The Morgan fingerprint density at radius 3 is 2.10 bits per heavy atom. The van der Waals surface area contributed by atoms with E-state index >= 15 is 0 Å². The fourth-order valence-corrected chi connectivity index (χ4v) is 3.26. The Morgan fingerprint density at radius 2 is 1.55 bits per heavy atom. The second-order valence-electron chi connectivity index (χ2n) is 8.47. The summed E-state index contributed by atoms with van der Waals surface area (Å²) in [6, 6.07) is 18.0. The number of aryl methyl sites for hydroxylation is 1. The number of carbonyl (C=O) groups is 3. The molecule has 0 saturated carbocycles. The summed E-state index contributed by atoms with van der Waals surface area (Å²) in [5.74, 6) is -1.84. The molecule has 3 rings (SSSR count). The van der Waals surface area contributed by atoms with Crippen LogP contribution in [0.1, 0.15) is 48.4 Å². The van der Waals surface area contributed by atoms with Gasteiger partial charge in [0.25, 0.3) is 11.7 Å². The number of carbonyl (C=O) groups excluding carboxylic acids is 3. The Morgan fingerprint density at radius 1 is 0.903 bits per heavy atom. The number of rotatable bonds is 6. The molecule has 0 saturated heterocycles. The molecule has 2 aromatic carbocycles. The van der Waals surface area contributed by atoms with Gasteiger partial charge in [-0.25, -0.2) is 0 Å². The number of ketones is 1. The van der Waals surface area contributed by atoms with Crippen LogP contribution in [0.5, 0.6) is 0 Å². The lowest BCUT2D eigenvalue weighted by Crippen LogP contribution is -2.51. The van der Waals surface area contributed by atoms with Crippen LogP contribution in [0.4, 0.5) is 5.69 Å². The largest absolute Gasteiger partial charge is 0.363 e. The van der Waals surface area contributed by atoms with Gasteiger partial charge in [-0.2, -0.15) is 0 Å². The number of benzene rings is 2. The number of nitrogens with one attached hydrogen (secondary N) is 2. The molecule has 1 heterocycles. The quantitative estimate of drug-likeness (QED) is 0.466. The van der Waals surface area contributed by atoms with Crippen molar-refractivity contribution in [3.63, 3.8) is 0 Å². The van der Waals surface area contributed by atoms with Crippen LogP contribution in [0.15, 0.2) is 72.9 Å². The Hall–Kier alpha value is -3.67. The van der Waals surface area contributed by atoms with Gasteiger partial charge >= 0.3 is 0 Å². The maximum absolute atomic E-state index is 13.5. The number of hydrogen-bond acceptors (Lipinski definition) is 3. The molecule has 2 N–H and O–H groups in total. The number of nitrogens with zero attached hydrogens (tertiary/aromatic N) is 1. The van der Waals surface area contributed by atoms with Crippen LogP contribution in [0, 0.1) is 6.92 Å². The van der Waals surface area contributed by atoms with Crippen LogP contribution in [0.3, 0.4) is 0 Å². The normalized spacial score (nSPS) is 12.1. The molecule has 3 aromatic rings. The molecule has 6 nitrogen and oxygen atoms in total. The highest BCUT2D eigenvalue weighted by atomic mass is 16.2. The summed E-state index contributed by atoms with van der Waals surface area (Å²) in [6.45, 7) is 7.53. The molecule has 0 fully saturated rings. The van der Waals surface area contributed by atoms with Gasteiger partial charge in [-0.1, -0.05) is 48.0 Å². The molecule has 1 unspecified atom stereocenters. The topological polar surface area (TPSA) is 82.3 Å². The lowest BCUT2D eigenvalue weighted by atomic mass is 10.0. The number of H-pyrrole nitrogens is 1. The van der Waals surface area contributed by atoms with Gasteiger partial charge in [0.15, 0.2) is 6.04 Å². The minimum Gasteiger partial charge on any atom is -0.363 e. The highest BCUT2D eigenvalue weighted by Crippen LogP contribution is 2.29. The smallest absolute Gasteiger partial charge is 0.300 e. The van der Waals surface area contributed by atoms with Crippen LogP contribution in [-0.4, -0.2) is 28.1 Å². The molecular weight excluding hydrogens is 390 g/mol. The third-order valence-corrected chi connectivity index (χ3v) is 4.68. The number of Topliss-reactive ketones (excluding diaryl/α,β-unsaturated/α-hetero) is 1. The number of aromatic nitrogens is 1. The summed E-state index contributed by atoms with van der Waals surface area (Å²) in [6.07, 6.45) is 1.68. The molecule has 0 aliphatic heterocycles. The third-order valence-electron chi connectivity index (χ3n) is 4.68. The molecule has 0 aliphatic rings. The van der Waals surface area contributed by atoms with E-state index in [-0.39, 0.29) is 11.5 Å². The maximum atomic E-state index is 13.5. The Labute approximate surface area is 182 Å². The van der Waals surface area contributed by atoms with Crippen molar-refractivity contribution in [2.75, 3.05) is 4.90 Å². The van der Waals surface area contributed by atoms with E-state index in [1.54, 1.807) is 60.8 Å². The summed E-state index contributed by atoms with van der Waals surface area (Å²) in [5, 5.41) is 2.94. The van der Waals surface area contributed by atoms with Gasteiger partial charge < -0.3 is 10.3 Å². The summed E-state index contributed by atoms with van der Waals surface area (Å²) in [5.41, 5.74) is 1.72. The fourth-order valence-electron chi connectivity index (χ4n) is 3.26. The van der Waals surface area contributed by atoms with Gasteiger partial charge in [-0.15, -0.1) is 0 Å². The van der Waals surface area contributed by atoms with E-state index < -0.39 is 23.3 Å². The monoisotopic (exact) mass is 417 g/mol. The lowest BCUT2D eigenvalue weighted by Gasteiger charge is -2.32. The zero-order valence-electron chi connectivity index (χ0n) is 18.2. The summed E-state index contributed by atoms with van der Waals surface area (Å²) in [4.78, 5) is 44.3. The minimum absolute atomic E-state index is 0.270. The molecule has 2 amide bonds. The van der Waals surface area contributed by atoms with Crippen LogP contribution in [0.25, 0.3) is 0 Å². The van der Waals surface area contributed by atoms with E-state index in [0.717, 1.165) is 5.56 Å². The summed E-state index contributed by atoms with van der Waals surface area (Å²) < 4.78 is 0.